The number of carbonyl (C=O) groups is 2. The van der Waals surface area contributed by atoms with Crippen LogP contribution in [0.3, 0.4) is 0 Å². The van der Waals surface area contributed by atoms with E-state index < -0.39 is 25.0 Å². The number of hydrogen-bond donors (Lipinski definition) is 1. The molecule has 0 aromatic heterocycles. The van der Waals surface area contributed by atoms with E-state index in [-0.39, 0.29) is 31.6 Å². The van der Waals surface area contributed by atoms with E-state index in [1.54, 1.807) is 12.1 Å². The molecule has 0 rings (SSSR count). The van der Waals surface area contributed by atoms with Gasteiger partial charge in [0.1, 0.15) is 12.1 Å². The molecule has 1 N–H and O–H groups in total. The Labute approximate surface area is 123 Å². The molecule has 0 heterocycles. The Morgan fingerprint density at radius 1 is 1.33 bits per heavy atom. The van der Waals surface area contributed by atoms with Crippen LogP contribution >= 0.6 is 0 Å². The maximum Gasteiger partial charge on any atom is 0.329 e. The van der Waals surface area contributed by atoms with Gasteiger partial charge in [-0.1, -0.05) is 12.5 Å². The molecule has 0 bridgehead atoms. The first-order valence-electron chi connectivity index (χ1n) is 6.73. The average molecular weight is 302 g/mol. The minimum atomic E-state index is -2.38. The number of alkyl halides is 2. The second-order valence-corrected chi connectivity index (χ2v) is 4.39. The number of hydrogen-bond acceptors (Lipinski definition) is 4. The van der Waals surface area contributed by atoms with E-state index >= 15 is 0 Å². The zero-order valence-corrected chi connectivity index (χ0v) is 11.8. The molecule has 0 spiro atoms. The van der Waals surface area contributed by atoms with E-state index in [1.807, 2.05) is 0 Å². The van der Waals surface area contributed by atoms with Gasteiger partial charge in [-0.15, -0.1) is 6.58 Å². The van der Waals surface area contributed by atoms with Crippen molar-refractivity contribution in [2.24, 2.45) is 0 Å². The number of nitriles is 1. The van der Waals surface area contributed by atoms with Crippen molar-refractivity contribution in [3.8, 4) is 6.07 Å². The number of carbonyl (C=O) groups excluding carboxylic acids is 2. The number of rotatable bonds is 11. The molecule has 1 unspecified atom stereocenters. The highest BCUT2D eigenvalue weighted by atomic mass is 19.3. The van der Waals surface area contributed by atoms with Crippen molar-refractivity contribution in [1.29, 1.82) is 5.26 Å². The Morgan fingerprint density at radius 3 is 2.57 bits per heavy atom. The lowest BCUT2D eigenvalue weighted by Crippen LogP contribution is -2.41. The Hall–Kier alpha value is -1.97. The number of amides is 1. The van der Waals surface area contributed by atoms with E-state index in [1.165, 1.54) is 0 Å². The summed E-state index contributed by atoms with van der Waals surface area (Å²) in [6, 6.07) is 0.746. The molecule has 1 atom stereocenters. The fourth-order valence-corrected chi connectivity index (χ4v) is 1.60. The standard InChI is InChI=1S/C14H20F2N2O3/c1-2-3-8-13(19)18-11(14(20)21-10-9-17)6-4-5-7-12(15)16/h2,11-12H,1,3-8,10H2,(H,18,19). The minimum absolute atomic E-state index is 0.183. The summed E-state index contributed by atoms with van der Waals surface area (Å²) >= 11 is 0. The van der Waals surface area contributed by atoms with Crippen molar-refractivity contribution in [1.82, 2.24) is 5.32 Å². The van der Waals surface area contributed by atoms with E-state index in [4.69, 9.17) is 5.26 Å². The molecule has 0 fully saturated rings. The number of esters is 1. The van der Waals surface area contributed by atoms with Crippen molar-refractivity contribution in [3.05, 3.63) is 12.7 Å². The van der Waals surface area contributed by atoms with Gasteiger partial charge in [-0.25, -0.2) is 13.6 Å². The lowest BCUT2D eigenvalue weighted by Gasteiger charge is -2.16. The normalized spacial score (nSPS) is 11.5. The smallest absolute Gasteiger partial charge is 0.329 e. The Bertz CT molecular complexity index is 381. The molecule has 0 aliphatic rings. The highest BCUT2D eigenvalue weighted by Gasteiger charge is 2.21. The SMILES string of the molecule is C=CCCC(=O)NC(CCCCC(F)F)C(=O)OCC#N. The minimum Gasteiger partial charge on any atom is -0.449 e. The van der Waals surface area contributed by atoms with Gasteiger partial charge < -0.3 is 10.1 Å². The zero-order chi connectivity index (χ0) is 16.1. The summed E-state index contributed by atoms with van der Waals surface area (Å²) in [6.45, 7) is 3.08. The fourth-order valence-electron chi connectivity index (χ4n) is 1.60. The third-order valence-corrected chi connectivity index (χ3v) is 2.64. The van der Waals surface area contributed by atoms with E-state index in [9.17, 15) is 18.4 Å². The fraction of sp³-hybridized carbons (Fsp3) is 0.643. The third-order valence-electron chi connectivity index (χ3n) is 2.64. The highest BCUT2D eigenvalue weighted by molar-refractivity contribution is 5.84. The zero-order valence-electron chi connectivity index (χ0n) is 11.8. The summed E-state index contributed by atoms with van der Waals surface area (Å²) in [5.74, 6) is -1.07. The monoisotopic (exact) mass is 302 g/mol. The Balaban J connectivity index is 4.32. The third kappa shape index (κ3) is 10.5. The van der Waals surface area contributed by atoms with Gasteiger partial charge in [-0.2, -0.15) is 5.26 Å². The number of nitrogens with one attached hydrogen (secondary N) is 1. The molecule has 0 saturated carbocycles. The molecule has 0 aliphatic heterocycles. The molecule has 5 nitrogen and oxygen atoms in total. The number of halogens is 2. The van der Waals surface area contributed by atoms with Gasteiger partial charge in [-0.05, 0) is 19.3 Å². The molecule has 0 aromatic carbocycles. The van der Waals surface area contributed by atoms with Crippen LogP contribution in [-0.4, -0.2) is 31.0 Å². The van der Waals surface area contributed by atoms with Crippen LogP contribution in [0.4, 0.5) is 8.78 Å². The van der Waals surface area contributed by atoms with Crippen molar-refractivity contribution in [2.45, 2.75) is 51.0 Å². The topological polar surface area (TPSA) is 79.2 Å². The van der Waals surface area contributed by atoms with Gasteiger partial charge in [0, 0.05) is 12.8 Å². The maximum atomic E-state index is 12.0. The number of ether oxygens (including phenoxy) is 1. The summed E-state index contributed by atoms with van der Waals surface area (Å²) in [4.78, 5) is 23.3. The molecular formula is C14H20F2N2O3. The molecule has 21 heavy (non-hydrogen) atoms. The average Bonchev–Trinajstić information content (AvgIpc) is 2.45. The molecule has 0 saturated heterocycles. The summed E-state index contributed by atoms with van der Waals surface area (Å²) in [6.07, 6.45) is 0.420. The van der Waals surface area contributed by atoms with Gasteiger partial charge >= 0.3 is 5.97 Å². The van der Waals surface area contributed by atoms with Crippen LogP contribution in [0.5, 0.6) is 0 Å². The first-order chi connectivity index (χ1) is 10.0. The van der Waals surface area contributed by atoms with Gasteiger partial charge in [-0.3, -0.25) is 4.79 Å². The van der Waals surface area contributed by atoms with Crippen LogP contribution in [0.1, 0.15) is 38.5 Å². The molecule has 0 radical (unpaired) electrons. The van der Waals surface area contributed by atoms with Crippen LogP contribution in [0, 0.1) is 11.3 Å². The van der Waals surface area contributed by atoms with Crippen molar-refractivity contribution < 1.29 is 23.1 Å². The molecular weight excluding hydrogens is 282 g/mol. The summed E-state index contributed by atoms with van der Waals surface area (Å²) in [5.41, 5.74) is 0. The predicted octanol–water partition coefficient (Wildman–Crippen LogP) is 2.33. The summed E-state index contributed by atoms with van der Waals surface area (Å²) < 4.78 is 28.7. The van der Waals surface area contributed by atoms with E-state index in [0.717, 1.165) is 0 Å². The first kappa shape index (κ1) is 19.0. The van der Waals surface area contributed by atoms with Gasteiger partial charge in [0.05, 0.1) is 0 Å². The predicted molar refractivity (Wildman–Crippen MR) is 72.4 cm³/mol. The van der Waals surface area contributed by atoms with E-state index in [0.29, 0.717) is 12.8 Å². The highest BCUT2D eigenvalue weighted by Crippen LogP contribution is 2.10. The largest absolute Gasteiger partial charge is 0.449 e. The van der Waals surface area contributed by atoms with Crippen molar-refractivity contribution in [3.63, 3.8) is 0 Å². The maximum absolute atomic E-state index is 12.0. The molecule has 1 amide bonds. The van der Waals surface area contributed by atoms with Crippen LogP contribution in [0.25, 0.3) is 0 Å². The lowest BCUT2D eigenvalue weighted by molar-refractivity contribution is -0.146. The lowest BCUT2D eigenvalue weighted by atomic mass is 10.1. The first-order valence-corrected chi connectivity index (χ1v) is 6.73. The van der Waals surface area contributed by atoms with Crippen LogP contribution in [0.15, 0.2) is 12.7 Å². The molecule has 7 heteroatoms. The second-order valence-electron chi connectivity index (χ2n) is 4.39. The Kier molecular flexibility index (Phi) is 10.7. The van der Waals surface area contributed by atoms with Crippen molar-refractivity contribution >= 4 is 11.9 Å². The van der Waals surface area contributed by atoms with Gasteiger partial charge in [0.15, 0.2) is 6.61 Å². The number of allylic oxidation sites excluding steroid dienone is 1. The quantitative estimate of drug-likeness (QED) is 0.361. The second kappa shape index (κ2) is 11.8. The van der Waals surface area contributed by atoms with Gasteiger partial charge in [0.25, 0.3) is 0 Å². The van der Waals surface area contributed by atoms with Crippen LogP contribution in [0.2, 0.25) is 0 Å². The van der Waals surface area contributed by atoms with Crippen LogP contribution < -0.4 is 5.32 Å². The Morgan fingerprint density at radius 2 is 2.00 bits per heavy atom. The molecule has 0 aliphatic carbocycles. The summed E-state index contributed by atoms with van der Waals surface area (Å²) in [5, 5.41) is 10.9. The van der Waals surface area contributed by atoms with Crippen molar-refractivity contribution in [2.75, 3.05) is 6.61 Å². The van der Waals surface area contributed by atoms with Gasteiger partial charge in [0.2, 0.25) is 12.3 Å². The summed E-state index contributed by atoms with van der Waals surface area (Å²) in [7, 11) is 0. The molecule has 0 aromatic rings. The molecule has 118 valence electrons. The number of unbranched alkanes of at least 4 members (excludes halogenated alkanes) is 1. The number of nitrogens with zero attached hydrogens (tertiary/aromatic N) is 1. The van der Waals surface area contributed by atoms with E-state index in [2.05, 4.69) is 16.6 Å². The van der Waals surface area contributed by atoms with Crippen LogP contribution in [-0.2, 0) is 14.3 Å².